The van der Waals surface area contributed by atoms with E-state index in [1.54, 1.807) is 0 Å². The number of carbonyl (C=O) groups is 1. The minimum atomic E-state index is -4.31. The summed E-state index contributed by atoms with van der Waals surface area (Å²) in [4.78, 5) is 15.5. The van der Waals surface area contributed by atoms with Crippen LogP contribution in [0.3, 0.4) is 0 Å². The van der Waals surface area contributed by atoms with E-state index < -0.39 is 24.0 Å². The van der Waals surface area contributed by atoms with Crippen molar-refractivity contribution in [1.82, 2.24) is 10.3 Å². The van der Waals surface area contributed by atoms with Crippen molar-refractivity contribution >= 4 is 5.91 Å². The van der Waals surface area contributed by atoms with Crippen molar-refractivity contribution in [1.29, 1.82) is 0 Å². The molecule has 1 saturated carbocycles. The molecule has 1 aromatic rings. The summed E-state index contributed by atoms with van der Waals surface area (Å²) in [5.74, 6) is -2.35. The number of hydrogen-bond acceptors (Lipinski definition) is 3. The number of halogens is 3. The Morgan fingerprint density at radius 1 is 1.30 bits per heavy atom. The highest BCUT2D eigenvalue weighted by molar-refractivity contribution is 5.94. The van der Waals surface area contributed by atoms with E-state index in [4.69, 9.17) is 0 Å². The van der Waals surface area contributed by atoms with Gasteiger partial charge in [-0.05, 0) is 18.9 Å². The van der Waals surface area contributed by atoms with E-state index >= 15 is 0 Å². The van der Waals surface area contributed by atoms with Crippen molar-refractivity contribution < 1.29 is 23.1 Å². The number of rotatable bonds is 2. The Bertz CT molecular complexity index is 491. The number of aromatic hydroxyl groups is 1. The first kappa shape index (κ1) is 14.6. The number of alkyl halides is 3. The number of pyridine rings is 1. The monoisotopic (exact) mass is 288 g/mol. The van der Waals surface area contributed by atoms with Crippen LogP contribution in [0.1, 0.15) is 36.0 Å². The standard InChI is InChI=1S/C13H15F3N2O2/c14-13(15,16)10-3-1-2-4-11(10)18-12(20)8-5-9(19)7-17-6-8/h5-7,10-11,19H,1-4H2,(H,18,20). The van der Waals surface area contributed by atoms with Crippen LogP contribution in [-0.2, 0) is 0 Å². The van der Waals surface area contributed by atoms with Gasteiger partial charge in [0.25, 0.3) is 5.91 Å². The molecule has 1 fully saturated rings. The zero-order chi connectivity index (χ0) is 14.8. The molecule has 4 nitrogen and oxygen atoms in total. The minimum Gasteiger partial charge on any atom is -0.506 e. The van der Waals surface area contributed by atoms with Crippen molar-refractivity contribution in [3.05, 3.63) is 24.0 Å². The van der Waals surface area contributed by atoms with Crippen LogP contribution in [0.15, 0.2) is 18.5 Å². The van der Waals surface area contributed by atoms with Gasteiger partial charge in [-0.15, -0.1) is 0 Å². The second-order valence-electron chi connectivity index (χ2n) is 4.94. The molecule has 0 bridgehead atoms. The number of nitrogens with one attached hydrogen (secondary N) is 1. The molecule has 2 N–H and O–H groups in total. The highest BCUT2D eigenvalue weighted by Crippen LogP contribution is 2.37. The Morgan fingerprint density at radius 3 is 2.65 bits per heavy atom. The number of nitrogens with zero attached hydrogens (tertiary/aromatic N) is 1. The third kappa shape index (κ3) is 3.40. The number of aromatic nitrogens is 1. The number of hydrogen-bond donors (Lipinski definition) is 2. The third-order valence-electron chi connectivity index (χ3n) is 3.49. The first-order chi connectivity index (χ1) is 9.38. The van der Waals surface area contributed by atoms with Crippen molar-refractivity contribution in [3.63, 3.8) is 0 Å². The van der Waals surface area contributed by atoms with E-state index in [2.05, 4.69) is 10.3 Å². The lowest BCUT2D eigenvalue weighted by Crippen LogP contribution is -2.47. The molecule has 2 unspecified atom stereocenters. The van der Waals surface area contributed by atoms with Crippen LogP contribution in [0.2, 0.25) is 0 Å². The lowest BCUT2D eigenvalue weighted by atomic mass is 9.84. The fourth-order valence-corrected chi connectivity index (χ4v) is 2.50. The molecule has 0 spiro atoms. The molecular formula is C13H15F3N2O2. The Balaban J connectivity index is 2.09. The van der Waals surface area contributed by atoms with Gasteiger partial charge in [0.2, 0.25) is 0 Å². The Morgan fingerprint density at radius 2 is 2.00 bits per heavy atom. The maximum absolute atomic E-state index is 12.9. The zero-order valence-corrected chi connectivity index (χ0v) is 10.7. The average molecular weight is 288 g/mol. The Labute approximate surface area is 114 Å². The molecule has 2 atom stereocenters. The van der Waals surface area contributed by atoms with Gasteiger partial charge in [0.15, 0.2) is 0 Å². The van der Waals surface area contributed by atoms with Crippen LogP contribution in [-0.4, -0.2) is 28.2 Å². The summed E-state index contributed by atoms with van der Waals surface area (Å²) in [6, 6.07) is 0.256. The van der Waals surface area contributed by atoms with Crippen molar-refractivity contribution in [2.75, 3.05) is 0 Å². The predicted octanol–water partition coefficient (Wildman–Crippen LogP) is 2.64. The molecular weight excluding hydrogens is 273 g/mol. The van der Waals surface area contributed by atoms with Gasteiger partial charge in [0.1, 0.15) is 5.75 Å². The Hall–Kier alpha value is -1.79. The molecule has 110 valence electrons. The number of amides is 1. The smallest absolute Gasteiger partial charge is 0.393 e. The first-order valence-corrected chi connectivity index (χ1v) is 6.39. The highest BCUT2D eigenvalue weighted by atomic mass is 19.4. The van der Waals surface area contributed by atoms with E-state index in [9.17, 15) is 23.1 Å². The summed E-state index contributed by atoms with van der Waals surface area (Å²) in [6.07, 6.45) is -0.430. The second kappa shape index (κ2) is 5.68. The third-order valence-corrected chi connectivity index (χ3v) is 3.49. The summed E-state index contributed by atoms with van der Waals surface area (Å²) < 4.78 is 38.7. The molecule has 1 aliphatic carbocycles. The second-order valence-corrected chi connectivity index (χ2v) is 4.94. The van der Waals surface area contributed by atoms with Gasteiger partial charge in [0.05, 0.1) is 17.7 Å². The molecule has 7 heteroatoms. The molecule has 0 aliphatic heterocycles. The number of carbonyl (C=O) groups excluding carboxylic acids is 1. The van der Waals surface area contributed by atoms with Gasteiger partial charge >= 0.3 is 6.18 Å². The van der Waals surface area contributed by atoms with E-state index in [0.717, 1.165) is 6.20 Å². The average Bonchev–Trinajstić information content (AvgIpc) is 2.38. The van der Waals surface area contributed by atoms with Gasteiger partial charge in [0, 0.05) is 12.2 Å². The van der Waals surface area contributed by atoms with Gasteiger partial charge in [-0.3, -0.25) is 9.78 Å². The summed E-state index contributed by atoms with van der Waals surface area (Å²) in [5, 5.41) is 11.6. The van der Waals surface area contributed by atoms with E-state index in [0.29, 0.717) is 19.3 Å². The van der Waals surface area contributed by atoms with Crippen molar-refractivity contribution in [2.24, 2.45) is 5.92 Å². The summed E-state index contributed by atoms with van der Waals surface area (Å²) in [5.41, 5.74) is 0.0523. The lowest BCUT2D eigenvalue weighted by molar-refractivity contribution is -0.187. The molecule has 1 aromatic heterocycles. The van der Waals surface area contributed by atoms with Gasteiger partial charge < -0.3 is 10.4 Å². The van der Waals surface area contributed by atoms with Gasteiger partial charge in [-0.2, -0.15) is 13.2 Å². The molecule has 1 amide bonds. The predicted molar refractivity (Wildman–Crippen MR) is 65.2 cm³/mol. The van der Waals surface area contributed by atoms with Crippen molar-refractivity contribution in [3.8, 4) is 5.75 Å². The van der Waals surface area contributed by atoms with Crippen LogP contribution >= 0.6 is 0 Å². The highest BCUT2D eigenvalue weighted by Gasteiger charge is 2.45. The Kier molecular flexibility index (Phi) is 4.15. The van der Waals surface area contributed by atoms with Crippen LogP contribution in [0.5, 0.6) is 5.75 Å². The van der Waals surface area contributed by atoms with Gasteiger partial charge in [-0.1, -0.05) is 12.8 Å². The zero-order valence-electron chi connectivity index (χ0n) is 10.7. The summed E-state index contributed by atoms with van der Waals surface area (Å²) in [7, 11) is 0. The summed E-state index contributed by atoms with van der Waals surface area (Å²) >= 11 is 0. The molecule has 20 heavy (non-hydrogen) atoms. The fourth-order valence-electron chi connectivity index (χ4n) is 2.50. The quantitative estimate of drug-likeness (QED) is 0.879. The van der Waals surface area contributed by atoms with Crippen molar-refractivity contribution in [2.45, 2.75) is 37.9 Å². The normalized spacial score (nSPS) is 23.4. The van der Waals surface area contributed by atoms with E-state index in [1.807, 2.05) is 0 Å². The minimum absolute atomic E-state index is 0.0345. The summed E-state index contributed by atoms with van der Waals surface area (Å²) in [6.45, 7) is 0. The molecule has 0 saturated heterocycles. The molecule has 2 rings (SSSR count). The molecule has 1 aliphatic rings. The van der Waals surface area contributed by atoms with E-state index in [1.165, 1.54) is 12.3 Å². The topological polar surface area (TPSA) is 62.2 Å². The van der Waals surface area contributed by atoms with Crippen LogP contribution in [0, 0.1) is 5.92 Å². The van der Waals surface area contributed by atoms with E-state index in [-0.39, 0.29) is 17.7 Å². The van der Waals surface area contributed by atoms with Crippen LogP contribution < -0.4 is 5.32 Å². The maximum atomic E-state index is 12.9. The van der Waals surface area contributed by atoms with Crippen LogP contribution in [0.4, 0.5) is 13.2 Å². The molecule has 1 heterocycles. The largest absolute Gasteiger partial charge is 0.506 e. The lowest BCUT2D eigenvalue weighted by Gasteiger charge is -2.33. The molecule has 0 aromatic carbocycles. The molecule has 0 radical (unpaired) electrons. The SMILES string of the molecule is O=C(NC1CCCCC1C(F)(F)F)c1cncc(O)c1. The maximum Gasteiger partial charge on any atom is 0.393 e. The van der Waals surface area contributed by atoms with Crippen LogP contribution in [0.25, 0.3) is 0 Å². The van der Waals surface area contributed by atoms with Gasteiger partial charge in [-0.25, -0.2) is 0 Å². The first-order valence-electron chi connectivity index (χ1n) is 6.39. The fraction of sp³-hybridized carbons (Fsp3) is 0.538.